The first-order valence-corrected chi connectivity index (χ1v) is 12.0. The summed E-state index contributed by atoms with van der Waals surface area (Å²) in [6, 6.07) is 2.19. The minimum atomic E-state index is -2.62. The number of aliphatic hydroxyl groups is 3. The van der Waals surface area contributed by atoms with Crippen LogP contribution in [-0.4, -0.2) is 94.1 Å². The molecule has 194 valence electrons. The monoisotopic (exact) mass is 499 g/mol. The first-order valence-electron chi connectivity index (χ1n) is 12.0. The van der Waals surface area contributed by atoms with Gasteiger partial charge >= 0.3 is 0 Å². The summed E-state index contributed by atoms with van der Waals surface area (Å²) in [5.41, 5.74) is 3.55. The number of phenolic OH excluding ortho intramolecular Hbond substituents is 1. The van der Waals surface area contributed by atoms with E-state index < -0.39 is 58.0 Å². The van der Waals surface area contributed by atoms with E-state index in [-0.39, 0.29) is 23.3 Å². The Balaban J connectivity index is 1.88. The number of nitrogens with two attached hydrogens (primary N) is 1. The lowest BCUT2D eigenvalue weighted by atomic mass is 9.57. The van der Waals surface area contributed by atoms with Gasteiger partial charge in [-0.2, -0.15) is 0 Å². The molecule has 1 aromatic carbocycles. The second-order valence-corrected chi connectivity index (χ2v) is 10.5. The van der Waals surface area contributed by atoms with Crippen LogP contribution >= 0.6 is 0 Å². The number of carbonyl (C=O) groups excluding carboxylic acids is 3. The number of Topliss-reactive ketones (excluding diaryl/α,β-unsaturated/α-hetero) is 2. The molecule has 1 amide bonds. The van der Waals surface area contributed by atoms with E-state index in [1.54, 1.807) is 14.1 Å². The number of nitrogens with zero attached hydrogens (tertiary/aromatic N) is 2. The number of primary amides is 1. The molecule has 0 bridgehead atoms. The number of amides is 1. The molecule has 10 nitrogen and oxygen atoms in total. The van der Waals surface area contributed by atoms with Crippen LogP contribution in [0.15, 0.2) is 29.0 Å². The average Bonchev–Trinajstić information content (AvgIpc) is 2.77. The number of phenols is 1. The van der Waals surface area contributed by atoms with Gasteiger partial charge in [0.05, 0.1) is 11.6 Å². The predicted molar refractivity (Wildman–Crippen MR) is 131 cm³/mol. The van der Waals surface area contributed by atoms with Crippen molar-refractivity contribution in [3.8, 4) is 5.75 Å². The first kappa shape index (κ1) is 25.9. The fraction of sp³-hybridized carbons (Fsp3) is 0.500. The Labute approximate surface area is 209 Å². The molecule has 4 rings (SSSR count). The molecule has 3 aliphatic carbocycles. The molecule has 0 heterocycles. The molecular formula is C26H33N3O7. The molecule has 0 unspecified atom stereocenters. The fourth-order valence-corrected chi connectivity index (χ4v) is 6.13. The van der Waals surface area contributed by atoms with E-state index in [0.29, 0.717) is 12.8 Å². The number of hydrogen-bond acceptors (Lipinski definition) is 9. The maximum Gasteiger partial charge on any atom is 0.255 e. The number of aryl methyl sites for hydroxylation is 1. The minimum absolute atomic E-state index is 0.0819. The second-order valence-electron chi connectivity index (χ2n) is 10.5. The lowest BCUT2D eigenvalue weighted by Crippen LogP contribution is -2.65. The van der Waals surface area contributed by atoms with Crippen LogP contribution < -0.4 is 5.73 Å². The summed E-state index contributed by atoms with van der Waals surface area (Å²) >= 11 is 0. The highest BCUT2D eigenvalue weighted by Gasteiger charge is 2.64. The fourth-order valence-electron chi connectivity index (χ4n) is 6.13. The van der Waals surface area contributed by atoms with Crippen molar-refractivity contribution in [3.63, 3.8) is 0 Å². The van der Waals surface area contributed by atoms with Gasteiger partial charge in [-0.25, -0.2) is 0 Å². The van der Waals surface area contributed by atoms with Gasteiger partial charge in [0.25, 0.3) is 5.91 Å². The average molecular weight is 500 g/mol. The third kappa shape index (κ3) is 3.71. The van der Waals surface area contributed by atoms with Crippen LogP contribution in [0.1, 0.15) is 29.5 Å². The van der Waals surface area contributed by atoms with Crippen molar-refractivity contribution in [2.75, 3.05) is 34.7 Å². The Hall–Kier alpha value is -3.21. The van der Waals surface area contributed by atoms with Gasteiger partial charge in [-0.15, -0.1) is 0 Å². The van der Waals surface area contributed by atoms with E-state index in [9.17, 15) is 34.8 Å². The first-order chi connectivity index (χ1) is 16.8. The third-order valence-corrected chi connectivity index (χ3v) is 7.75. The van der Waals surface area contributed by atoms with Gasteiger partial charge in [0.15, 0.2) is 11.4 Å². The number of rotatable bonds is 6. The van der Waals surface area contributed by atoms with Crippen molar-refractivity contribution in [3.05, 3.63) is 45.7 Å². The van der Waals surface area contributed by atoms with Crippen molar-refractivity contribution < 1.29 is 34.8 Å². The summed E-state index contributed by atoms with van der Waals surface area (Å²) < 4.78 is 0. The number of fused-ring (bicyclic) bond motifs is 3. The van der Waals surface area contributed by atoms with Crippen LogP contribution in [0.5, 0.6) is 5.75 Å². The highest BCUT2D eigenvalue weighted by atomic mass is 16.3. The van der Waals surface area contributed by atoms with E-state index in [4.69, 9.17) is 5.73 Å². The van der Waals surface area contributed by atoms with Crippen molar-refractivity contribution in [1.82, 2.24) is 9.80 Å². The molecule has 6 N–H and O–H groups in total. The lowest BCUT2D eigenvalue weighted by molar-refractivity contribution is -0.153. The summed E-state index contributed by atoms with van der Waals surface area (Å²) in [7, 11) is 7.10. The van der Waals surface area contributed by atoms with Crippen LogP contribution in [0.4, 0.5) is 0 Å². The Morgan fingerprint density at radius 1 is 1.14 bits per heavy atom. The largest absolute Gasteiger partial charge is 0.508 e. The van der Waals surface area contributed by atoms with Gasteiger partial charge in [0, 0.05) is 11.5 Å². The quantitative estimate of drug-likeness (QED) is 0.350. The van der Waals surface area contributed by atoms with Gasteiger partial charge < -0.3 is 31.1 Å². The molecule has 1 aromatic rings. The molecule has 10 heteroatoms. The van der Waals surface area contributed by atoms with Crippen molar-refractivity contribution >= 4 is 23.2 Å². The van der Waals surface area contributed by atoms with Crippen LogP contribution in [0.25, 0.3) is 5.76 Å². The number of likely N-dealkylation sites (N-methyl/N-ethyl adjacent to an activating group) is 1. The zero-order valence-corrected chi connectivity index (χ0v) is 20.9. The Morgan fingerprint density at radius 3 is 2.39 bits per heavy atom. The third-order valence-electron chi connectivity index (χ3n) is 7.75. The molecule has 0 radical (unpaired) electrons. The molecule has 4 atom stereocenters. The normalized spacial score (nSPS) is 27.9. The van der Waals surface area contributed by atoms with Crippen molar-refractivity contribution in [2.24, 2.45) is 17.6 Å². The number of hydrogen-bond donors (Lipinski definition) is 5. The Morgan fingerprint density at radius 2 is 1.81 bits per heavy atom. The van der Waals surface area contributed by atoms with Crippen LogP contribution in [0.3, 0.4) is 0 Å². The number of aromatic hydroxyl groups is 1. The number of ketones is 2. The van der Waals surface area contributed by atoms with Crippen LogP contribution in [0.2, 0.25) is 0 Å². The Kier molecular flexibility index (Phi) is 6.48. The number of carbonyl (C=O) groups is 3. The van der Waals surface area contributed by atoms with Gasteiger partial charge in [-0.3, -0.25) is 19.3 Å². The maximum absolute atomic E-state index is 13.8. The molecule has 0 saturated heterocycles. The summed E-state index contributed by atoms with van der Waals surface area (Å²) in [5.74, 6) is -6.40. The Bertz CT molecular complexity index is 1220. The highest BCUT2D eigenvalue weighted by Crippen LogP contribution is 2.52. The van der Waals surface area contributed by atoms with Crippen molar-refractivity contribution in [1.29, 1.82) is 0 Å². The van der Waals surface area contributed by atoms with E-state index in [1.807, 2.05) is 20.2 Å². The topological polar surface area (TPSA) is 165 Å². The minimum Gasteiger partial charge on any atom is -0.508 e. The predicted octanol–water partition coefficient (Wildman–Crippen LogP) is 0.458. The molecular weight excluding hydrogens is 466 g/mol. The van der Waals surface area contributed by atoms with E-state index in [0.717, 1.165) is 24.1 Å². The van der Waals surface area contributed by atoms with Gasteiger partial charge in [-0.05, 0) is 83.5 Å². The van der Waals surface area contributed by atoms with E-state index in [2.05, 4.69) is 4.90 Å². The standard InChI is InChI=1S/C26H33N3O7/c1-28(2)9-5-6-12-7-8-16(30)18-14(12)10-13-11-15-20(29(3)4)22(32)19(25(27)35)24(34)26(15,36)23(33)17(13)21(18)31/h7-8,13,15,20,30-31,34,36H,5-6,9-11H2,1-4H3,(H2,27,35)/t13-,15-,20+,26+/m1/s1. The lowest BCUT2D eigenvalue weighted by Gasteiger charge is -2.50. The zero-order valence-electron chi connectivity index (χ0n) is 20.9. The molecule has 0 aromatic heterocycles. The molecule has 1 saturated carbocycles. The number of benzene rings is 1. The van der Waals surface area contributed by atoms with Gasteiger partial charge in [0.1, 0.15) is 22.8 Å². The molecule has 3 aliphatic rings. The summed E-state index contributed by atoms with van der Waals surface area (Å²) in [5, 5.41) is 44.3. The SMILES string of the molecule is CN(C)CCCc1ccc(O)c2c1C[C@@H]1C[C@@H]3[C@H](N(C)C)C(=O)C(C(N)=O)=C(O)[C@@]3(O)C(=O)C1=C2O. The van der Waals surface area contributed by atoms with Gasteiger partial charge in [-0.1, -0.05) is 6.07 Å². The summed E-state index contributed by atoms with van der Waals surface area (Å²) in [4.78, 5) is 42.5. The van der Waals surface area contributed by atoms with E-state index in [1.165, 1.54) is 11.0 Å². The molecule has 0 spiro atoms. The van der Waals surface area contributed by atoms with Gasteiger partial charge in [0.2, 0.25) is 5.78 Å². The highest BCUT2D eigenvalue weighted by molar-refractivity contribution is 6.24. The summed E-state index contributed by atoms with van der Waals surface area (Å²) in [6.07, 6.45) is 1.93. The second kappa shape index (κ2) is 9.02. The molecule has 36 heavy (non-hydrogen) atoms. The van der Waals surface area contributed by atoms with Crippen molar-refractivity contribution in [2.45, 2.75) is 37.3 Å². The van der Waals surface area contributed by atoms with E-state index >= 15 is 0 Å². The molecule has 1 fully saturated rings. The summed E-state index contributed by atoms with van der Waals surface area (Å²) in [6.45, 7) is 0.847. The van der Waals surface area contributed by atoms with Crippen LogP contribution in [0, 0.1) is 11.8 Å². The smallest absolute Gasteiger partial charge is 0.255 e. The zero-order chi connectivity index (χ0) is 26.7. The van der Waals surface area contributed by atoms with Crippen LogP contribution in [-0.2, 0) is 27.2 Å². The maximum atomic E-state index is 13.8. The number of aliphatic hydroxyl groups excluding tert-OH is 2. The molecule has 0 aliphatic heterocycles.